The van der Waals surface area contributed by atoms with Gasteiger partial charge in [0.2, 0.25) is 11.8 Å². The molecule has 0 bridgehead atoms. The van der Waals surface area contributed by atoms with Gasteiger partial charge in [-0.25, -0.2) is 0 Å². The maximum Gasteiger partial charge on any atom is 0.227 e. The number of nitrogens with one attached hydrogen (secondary N) is 1. The van der Waals surface area contributed by atoms with Gasteiger partial charge in [0.25, 0.3) is 0 Å². The molecule has 1 aliphatic carbocycles. The summed E-state index contributed by atoms with van der Waals surface area (Å²) in [4.78, 5) is 16.0. The van der Waals surface area contributed by atoms with Crippen molar-refractivity contribution < 1.29 is 9.32 Å². The Balaban J connectivity index is 1.71. The number of amides is 1. The second-order valence-corrected chi connectivity index (χ2v) is 6.57. The molecule has 0 saturated heterocycles. The smallest absolute Gasteiger partial charge is 0.227 e. The summed E-state index contributed by atoms with van der Waals surface area (Å²) in [7, 11) is 0. The monoisotopic (exact) mass is 280 g/mol. The van der Waals surface area contributed by atoms with Gasteiger partial charge < -0.3 is 15.6 Å². The topological polar surface area (TPSA) is 94.0 Å². The molecule has 1 unspecified atom stereocenters. The van der Waals surface area contributed by atoms with Crippen molar-refractivity contribution in [1.29, 1.82) is 0 Å². The van der Waals surface area contributed by atoms with E-state index in [1.807, 2.05) is 20.8 Å². The van der Waals surface area contributed by atoms with Gasteiger partial charge in [0.1, 0.15) is 0 Å². The number of hydrogen-bond donors (Lipinski definition) is 2. The van der Waals surface area contributed by atoms with E-state index in [2.05, 4.69) is 15.5 Å². The molecule has 1 aliphatic rings. The second kappa shape index (κ2) is 5.91. The van der Waals surface area contributed by atoms with E-state index in [0.717, 1.165) is 0 Å². The molecule has 6 heteroatoms. The molecule has 0 spiro atoms. The van der Waals surface area contributed by atoms with Crippen LogP contribution in [0.2, 0.25) is 0 Å². The molecule has 1 saturated carbocycles. The van der Waals surface area contributed by atoms with Gasteiger partial charge in [0.15, 0.2) is 5.82 Å². The van der Waals surface area contributed by atoms with Crippen molar-refractivity contribution in [2.24, 2.45) is 11.7 Å². The van der Waals surface area contributed by atoms with E-state index in [1.165, 1.54) is 12.8 Å². The minimum atomic E-state index is -0.138. The van der Waals surface area contributed by atoms with Crippen molar-refractivity contribution in [2.45, 2.75) is 57.9 Å². The normalized spacial score (nSPS) is 17.0. The first-order valence-corrected chi connectivity index (χ1v) is 7.21. The quantitative estimate of drug-likeness (QED) is 0.815. The first-order chi connectivity index (χ1) is 9.36. The molecule has 112 valence electrons. The van der Waals surface area contributed by atoms with E-state index in [-0.39, 0.29) is 17.4 Å². The predicted molar refractivity (Wildman–Crippen MR) is 75.0 cm³/mol. The van der Waals surface area contributed by atoms with Crippen molar-refractivity contribution in [1.82, 2.24) is 15.5 Å². The van der Waals surface area contributed by atoms with Gasteiger partial charge in [-0.1, -0.05) is 25.9 Å². The average molecular weight is 280 g/mol. The molecular weight excluding hydrogens is 256 g/mol. The molecule has 2 rings (SSSR count). The van der Waals surface area contributed by atoms with Crippen LogP contribution in [0.4, 0.5) is 0 Å². The lowest BCUT2D eigenvalue weighted by atomic mass is 9.96. The van der Waals surface area contributed by atoms with Crippen molar-refractivity contribution in [2.75, 3.05) is 6.54 Å². The van der Waals surface area contributed by atoms with Crippen LogP contribution in [0.3, 0.4) is 0 Å². The molecule has 1 fully saturated rings. The zero-order valence-corrected chi connectivity index (χ0v) is 12.5. The highest BCUT2D eigenvalue weighted by molar-refractivity contribution is 5.76. The first kappa shape index (κ1) is 15.0. The Bertz CT molecular complexity index is 460. The molecule has 1 aromatic rings. The highest BCUT2D eigenvalue weighted by Gasteiger charge is 2.28. The fourth-order valence-corrected chi connectivity index (χ4v) is 1.89. The van der Waals surface area contributed by atoms with Crippen LogP contribution in [0.1, 0.15) is 51.7 Å². The van der Waals surface area contributed by atoms with E-state index in [9.17, 15) is 4.79 Å². The maximum atomic E-state index is 11.7. The number of nitrogens with two attached hydrogens (primary N) is 1. The predicted octanol–water partition coefficient (Wildman–Crippen LogP) is 1.15. The summed E-state index contributed by atoms with van der Waals surface area (Å²) in [5, 5.41) is 6.79. The standard InChI is InChI=1S/C14H24N4O2/c1-14(2,3)13-17-12(20-18-13)7-6-11(19)16-8-10(15)9-4-5-9/h9-10H,4-8,15H2,1-3H3,(H,16,19). The van der Waals surface area contributed by atoms with Crippen LogP contribution in [-0.2, 0) is 16.6 Å². The summed E-state index contributed by atoms with van der Waals surface area (Å²) in [5.74, 6) is 1.76. The molecule has 1 aromatic heterocycles. The van der Waals surface area contributed by atoms with Crippen molar-refractivity contribution >= 4 is 5.91 Å². The number of aromatic nitrogens is 2. The largest absolute Gasteiger partial charge is 0.355 e. The van der Waals surface area contributed by atoms with E-state index < -0.39 is 0 Å². The minimum absolute atomic E-state index is 0.0170. The molecule has 0 radical (unpaired) electrons. The molecule has 0 aromatic carbocycles. The summed E-state index contributed by atoms with van der Waals surface area (Å²) in [6.45, 7) is 6.62. The fourth-order valence-electron chi connectivity index (χ4n) is 1.89. The molecule has 1 atom stereocenters. The summed E-state index contributed by atoms with van der Waals surface area (Å²) in [6.07, 6.45) is 3.19. The van der Waals surface area contributed by atoms with Gasteiger partial charge in [-0.2, -0.15) is 4.98 Å². The van der Waals surface area contributed by atoms with Gasteiger partial charge in [0.05, 0.1) is 0 Å². The Morgan fingerprint density at radius 1 is 1.50 bits per heavy atom. The maximum absolute atomic E-state index is 11.7. The number of aryl methyl sites for hydroxylation is 1. The Labute approximate surface area is 119 Å². The first-order valence-electron chi connectivity index (χ1n) is 7.21. The second-order valence-electron chi connectivity index (χ2n) is 6.57. The Kier molecular flexibility index (Phi) is 4.42. The van der Waals surface area contributed by atoms with Crippen LogP contribution in [0.15, 0.2) is 4.52 Å². The number of hydrogen-bond acceptors (Lipinski definition) is 5. The third-order valence-corrected chi connectivity index (χ3v) is 3.47. The summed E-state index contributed by atoms with van der Waals surface area (Å²) >= 11 is 0. The molecule has 20 heavy (non-hydrogen) atoms. The Hall–Kier alpha value is -1.43. The van der Waals surface area contributed by atoms with Crippen LogP contribution in [0.25, 0.3) is 0 Å². The molecule has 6 nitrogen and oxygen atoms in total. The molecular formula is C14H24N4O2. The van der Waals surface area contributed by atoms with Gasteiger partial charge in [-0.05, 0) is 18.8 Å². The van der Waals surface area contributed by atoms with Crippen LogP contribution >= 0.6 is 0 Å². The highest BCUT2D eigenvalue weighted by atomic mass is 16.5. The van der Waals surface area contributed by atoms with E-state index in [1.54, 1.807) is 0 Å². The summed E-state index contributed by atoms with van der Waals surface area (Å²) in [6, 6.07) is 0.0925. The lowest BCUT2D eigenvalue weighted by Crippen LogP contribution is -2.38. The summed E-state index contributed by atoms with van der Waals surface area (Å²) in [5.41, 5.74) is 5.79. The van der Waals surface area contributed by atoms with Crippen LogP contribution < -0.4 is 11.1 Å². The zero-order chi connectivity index (χ0) is 14.8. The van der Waals surface area contributed by atoms with Crippen molar-refractivity contribution in [3.8, 4) is 0 Å². The number of carbonyl (C=O) groups is 1. The molecule has 0 aliphatic heterocycles. The lowest BCUT2D eigenvalue weighted by molar-refractivity contribution is -0.121. The van der Waals surface area contributed by atoms with E-state index in [4.69, 9.17) is 10.3 Å². The van der Waals surface area contributed by atoms with Gasteiger partial charge in [-0.3, -0.25) is 4.79 Å². The van der Waals surface area contributed by atoms with Crippen LogP contribution in [0, 0.1) is 5.92 Å². The third-order valence-electron chi connectivity index (χ3n) is 3.47. The number of nitrogens with zero attached hydrogens (tertiary/aromatic N) is 2. The lowest BCUT2D eigenvalue weighted by Gasteiger charge is -2.11. The van der Waals surface area contributed by atoms with Gasteiger partial charge in [0, 0.05) is 30.8 Å². The summed E-state index contributed by atoms with van der Waals surface area (Å²) < 4.78 is 5.15. The number of rotatable bonds is 6. The Morgan fingerprint density at radius 3 is 2.75 bits per heavy atom. The van der Waals surface area contributed by atoms with Crippen molar-refractivity contribution in [3.05, 3.63) is 11.7 Å². The van der Waals surface area contributed by atoms with Crippen LogP contribution in [-0.4, -0.2) is 28.6 Å². The SMILES string of the molecule is CC(C)(C)c1noc(CCC(=O)NCC(N)C2CC2)n1. The Morgan fingerprint density at radius 2 is 2.20 bits per heavy atom. The molecule has 3 N–H and O–H groups in total. The third kappa shape index (κ3) is 4.30. The zero-order valence-electron chi connectivity index (χ0n) is 12.5. The number of carbonyl (C=O) groups excluding carboxylic acids is 1. The highest BCUT2D eigenvalue weighted by Crippen LogP contribution is 2.31. The van der Waals surface area contributed by atoms with E-state index in [0.29, 0.717) is 37.0 Å². The minimum Gasteiger partial charge on any atom is -0.355 e. The van der Waals surface area contributed by atoms with Crippen molar-refractivity contribution in [3.63, 3.8) is 0 Å². The van der Waals surface area contributed by atoms with Crippen LogP contribution in [0.5, 0.6) is 0 Å². The van der Waals surface area contributed by atoms with E-state index >= 15 is 0 Å². The molecule has 1 heterocycles. The fraction of sp³-hybridized carbons (Fsp3) is 0.786. The van der Waals surface area contributed by atoms with Gasteiger partial charge >= 0.3 is 0 Å². The van der Waals surface area contributed by atoms with Gasteiger partial charge in [-0.15, -0.1) is 0 Å². The molecule has 1 amide bonds. The average Bonchev–Trinajstić information content (AvgIpc) is 3.10.